The number of anilines is 3. The van der Waals surface area contributed by atoms with Gasteiger partial charge in [-0.25, -0.2) is 24.2 Å². The maximum Gasteiger partial charge on any atom is 0.415 e. The third-order valence-electron chi connectivity index (χ3n) is 15.7. The van der Waals surface area contributed by atoms with Crippen molar-refractivity contribution in [1.82, 2.24) is 35.3 Å². The van der Waals surface area contributed by atoms with Gasteiger partial charge in [-0.2, -0.15) is 0 Å². The zero-order chi connectivity index (χ0) is 67.0. The lowest BCUT2D eigenvalue weighted by atomic mass is 9.89. The predicted octanol–water partition coefficient (Wildman–Crippen LogP) is 7.33. The molecule has 0 spiro atoms. The van der Waals surface area contributed by atoms with Gasteiger partial charge in [0.1, 0.15) is 36.1 Å². The van der Waals surface area contributed by atoms with Crippen molar-refractivity contribution in [1.29, 1.82) is 0 Å². The summed E-state index contributed by atoms with van der Waals surface area (Å²) in [6, 6.07) is 20.8. The van der Waals surface area contributed by atoms with Crippen LogP contribution in [0.1, 0.15) is 95.8 Å². The Morgan fingerprint density at radius 3 is 2.27 bits per heavy atom. The van der Waals surface area contributed by atoms with Crippen LogP contribution in [0.15, 0.2) is 103 Å². The lowest BCUT2D eigenvalue weighted by Gasteiger charge is -2.26. The number of primary amides is 2. The Kier molecular flexibility index (Phi) is 23.1. The summed E-state index contributed by atoms with van der Waals surface area (Å²) in [5, 5.41) is 22.1. The number of hydrogen-bond acceptors (Lipinski definition) is 16. The van der Waals surface area contributed by atoms with Gasteiger partial charge in [-0.15, -0.1) is 11.6 Å². The number of rotatable bonds is 29. The molecule has 2 aromatic heterocycles. The normalized spacial score (nSPS) is 13.9. The number of nitrogens with one attached hydrogen (secondary N) is 5. The van der Waals surface area contributed by atoms with Crippen LogP contribution in [0, 0.1) is 18.8 Å². The maximum atomic E-state index is 14.6. The number of pyridine rings is 1. The molecule has 6 aromatic rings. The molecule has 0 radical (unpaired) electrons. The first-order valence-electron chi connectivity index (χ1n) is 30.1. The Bertz CT molecular complexity index is 3840. The number of unbranched alkanes of at least 4 members (excludes halogenated alkanes) is 1. The first-order chi connectivity index (χ1) is 44.5. The van der Waals surface area contributed by atoms with E-state index in [1.807, 2.05) is 25.1 Å². The summed E-state index contributed by atoms with van der Waals surface area (Å²) in [5.74, 6) is -4.80. The van der Waals surface area contributed by atoms with Crippen molar-refractivity contribution in [2.75, 3.05) is 74.3 Å². The van der Waals surface area contributed by atoms with Crippen molar-refractivity contribution >= 4 is 116 Å². The van der Waals surface area contributed by atoms with Gasteiger partial charge in [-0.1, -0.05) is 44.2 Å². The molecule has 0 fully saturated rings. The molecular weight excluding hydrogens is 1220 g/mol. The topological polar surface area (TPSA) is 377 Å². The zero-order valence-electron chi connectivity index (χ0n) is 51.7. The fourth-order valence-electron chi connectivity index (χ4n) is 10.8. The summed E-state index contributed by atoms with van der Waals surface area (Å²) >= 11 is 6.65. The molecule has 28 heteroatoms. The molecule has 0 unspecified atom stereocenters. The first-order valence-corrected chi connectivity index (χ1v) is 30.6. The molecule has 2 aliphatic heterocycles. The Morgan fingerprint density at radius 2 is 1.58 bits per heavy atom. The number of carbonyl (C=O) groups excluding carboxylic acids is 11. The number of alkyl carbamates (subject to hydrolysis) is 1. The molecule has 4 heterocycles. The Balaban J connectivity index is 0.895. The van der Waals surface area contributed by atoms with Gasteiger partial charge >= 0.3 is 24.3 Å². The predicted molar refractivity (Wildman–Crippen MR) is 343 cm³/mol. The third-order valence-corrected chi connectivity index (χ3v) is 16.1. The third kappa shape index (κ3) is 17.9. The number of ether oxygens (including phenoxy) is 3. The summed E-state index contributed by atoms with van der Waals surface area (Å²) in [4.78, 5) is 155. The van der Waals surface area contributed by atoms with E-state index in [1.165, 1.54) is 47.3 Å². The van der Waals surface area contributed by atoms with Crippen LogP contribution in [0.3, 0.4) is 0 Å². The summed E-state index contributed by atoms with van der Waals surface area (Å²) in [6.45, 7) is 4.98. The van der Waals surface area contributed by atoms with E-state index in [1.54, 1.807) is 61.2 Å². The second-order valence-electron chi connectivity index (χ2n) is 22.8. The van der Waals surface area contributed by atoms with Crippen molar-refractivity contribution in [2.45, 2.75) is 77.9 Å². The molecule has 0 saturated carbocycles. The van der Waals surface area contributed by atoms with Gasteiger partial charge in [-0.3, -0.25) is 38.5 Å². The van der Waals surface area contributed by atoms with Crippen LogP contribution < -0.4 is 42.4 Å². The SMILES string of the molecule is Cc1cccc2c(OC(=O)N(CCCCC(N)=O)CCN(C)C(=O)OCc3ccc(NC(=O)[C@H](CCCNC(N)=O)CC(=O)[C@@H](NC(=O)OCCN4C(=O)C=CC4=O)C(C)C)cc3)cc3c(c12)[C@H](CCl)CN3C(=O)c1cc2cc(NC(=O)c3ccc(O)cc3)cnc2[nH]1. The number of halogens is 1. The number of aromatic amines is 1. The number of alkyl halides is 1. The van der Waals surface area contributed by atoms with Crippen molar-refractivity contribution < 1.29 is 72.1 Å². The Morgan fingerprint density at radius 1 is 0.849 bits per heavy atom. The molecule has 490 valence electrons. The number of likely N-dealkylation sites (N-methyl/N-ethyl adjacent to an activating group) is 1. The zero-order valence-corrected chi connectivity index (χ0v) is 52.4. The number of aromatic hydroxyl groups is 1. The minimum absolute atomic E-state index is 0.0152. The van der Waals surface area contributed by atoms with E-state index in [4.69, 9.17) is 37.3 Å². The van der Waals surface area contributed by atoms with Crippen LogP contribution in [0.4, 0.5) is 36.2 Å². The van der Waals surface area contributed by atoms with E-state index < -0.39 is 83.4 Å². The van der Waals surface area contributed by atoms with Crippen LogP contribution >= 0.6 is 11.6 Å². The fraction of sp³-hybridized carbons (Fsp3) is 0.354. The number of phenols is 1. The number of fused-ring (bicyclic) bond motifs is 4. The number of imide groups is 1. The number of ketones is 1. The molecule has 11 amide bonds. The van der Waals surface area contributed by atoms with Gasteiger partial charge in [0.05, 0.1) is 30.2 Å². The summed E-state index contributed by atoms with van der Waals surface area (Å²) < 4.78 is 17.1. The van der Waals surface area contributed by atoms with Gasteiger partial charge < -0.3 is 71.7 Å². The average molecular weight is 1300 g/mol. The molecule has 2 aliphatic rings. The highest BCUT2D eigenvalue weighted by Crippen LogP contribution is 2.47. The number of aryl methyl sites for hydroxylation is 1. The molecule has 10 N–H and O–H groups in total. The monoisotopic (exact) mass is 1300 g/mol. The number of phenolic OH excluding ortho intramolecular Hbond substituents is 1. The maximum absolute atomic E-state index is 14.6. The molecule has 3 atom stereocenters. The van der Waals surface area contributed by atoms with Crippen molar-refractivity contribution in [3.05, 3.63) is 131 Å². The van der Waals surface area contributed by atoms with Crippen LogP contribution in [0.25, 0.3) is 21.8 Å². The highest BCUT2D eigenvalue weighted by Gasteiger charge is 2.37. The number of Topliss-reactive ketones (excluding diaryl/α,β-unsaturated/α-hetero) is 1. The minimum atomic E-state index is -1.07. The number of amides is 11. The number of benzene rings is 4. The van der Waals surface area contributed by atoms with Gasteiger partial charge in [0, 0.05) is 111 Å². The Labute approximate surface area is 539 Å². The van der Waals surface area contributed by atoms with Crippen molar-refractivity contribution in [2.24, 2.45) is 23.3 Å². The summed E-state index contributed by atoms with van der Waals surface area (Å²) in [5.41, 5.74) is 14.9. The smallest absolute Gasteiger partial charge is 0.415 e. The lowest BCUT2D eigenvalue weighted by molar-refractivity contribution is -0.137. The van der Waals surface area contributed by atoms with E-state index in [0.29, 0.717) is 57.5 Å². The number of hydrogen-bond donors (Lipinski definition) is 8. The van der Waals surface area contributed by atoms with Crippen LogP contribution in [-0.2, 0) is 40.1 Å². The molecular formula is C65H73ClN12O15. The van der Waals surface area contributed by atoms with Crippen LogP contribution in [-0.4, -0.2) is 160 Å². The minimum Gasteiger partial charge on any atom is -0.508 e. The van der Waals surface area contributed by atoms with Crippen molar-refractivity contribution in [3.8, 4) is 11.5 Å². The van der Waals surface area contributed by atoms with E-state index in [0.717, 1.165) is 33.6 Å². The number of urea groups is 1. The standard InChI is InChI=1S/C65H73ClN12O15/c1-37(2)57(74-63(88)91-28-27-77-53(82)21-22-54(77)83)50(80)31-41(10-8-23-69-62(68)87)60(85)71-44-17-13-39(14-18-44)36-92-64(89)75(4)25-26-76(24-6-5-12-52(67)81)65(90)93-51-32-49-56(55-38(3)9-7-11-47(51)55)43(33-66)35-78(49)61(86)48-30-42-29-45(34-70-58(42)73-48)72-59(84)40-15-19-46(79)20-16-40/h7,9,11,13-22,29-30,32,34,37,41,43,57,79H,5-6,8,10,12,23-28,31,33,35-36H2,1-4H3,(H2,67,81)(H,70,73)(H,71,85)(H,72,84)(H,74,88)(H3,68,69,87)/t41-,43-,57+/m1/s1. The quantitative estimate of drug-likeness (QED) is 0.0129. The van der Waals surface area contributed by atoms with Crippen LogP contribution in [0.5, 0.6) is 11.5 Å². The molecule has 93 heavy (non-hydrogen) atoms. The molecule has 0 saturated heterocycles. The number of nitrogens with zero attached hydrogens (tertiary/aromatic N) is 5. The molecule has 27 nitrogen and oxygen atoms in total. The summed E-state index contributed by atoms with van der Waals surface area (Å²) in [6.07, 6.45) is 2.08. The highest BCUT2D eigenvalue weighted by atomic mass is 35.5. The molecule has 0 bridgehead atoms. The van der Waals surface area contributed by atoms with E-state index in [-0.39, 0.29) is 107 Å². The number of nitrogens with two attached hydrogens (primary N) is 2. The van der Waals surface area contributed by atoms with E-state index in [9.17, 15) is 57.8 Å². The number of aromatic nitrogens is 2. The second kappa shape index (κ2) is 31.4. The average Bonchev–Trinajstić information content (AvgIpc) is 1.63. The lowest BCUT2D eigenvalue weighted by Crippen LogP contribution is -2.46. The Hall–Kier alpha value is -10.6. The molecule has 8 rings (SSSR count). The highest BCUT2D eigenvalue weighted by molar-refractivity contribution is 6.20. The van der Waals surface area contributed by atoms with E-state index >= 15 is 0 Å². The molecule has 0 aliphatic carbocycles. The van der Waals surface area contributed by atoms with Gasteiger partial charge in [-0.05, 0) is 109 Å². The molecule has 4 aromatic carbocycles. The summed E-state index contributed by atoms with van der Waals surface area (Å²) in [7, 11) is 1.49. The van der Waals surface area contributed by atoms with E-state index in [2.05, 4.69) is 31.2 Å². The van der Waals surface area contributed by atoms with Gasteiger partial charge in [0.15, 0.2) is 5.78 Å². The fourth-order valence-corrected chi connectivity index (χ4v) is 11.0. The number of H-pyrrole nitrogens is 1. The van der Waals surface area contributed by atoms with Crippen molar-refractivity contribution in [3.63, 3.8) is 0 Å². The van der Waals surface area contributed by atoms with Crippen LogP contribution in [0.2, 0.25) is 0 Å². The first kappa shape index (κ1) is 68.3. The van der Waals surface area contributed by atoms with Gasteiger partial charge in [0.25, 0.3) is 23.6 Å². The second-order valence-corrected chi connectivity index (χ2v) is 23.1. The van der Waals surface area contributed by atoms with Gasteiger partial charge in [0.2, 0.25) is 11.8 Å². The number of carbonyl (C=O) groups is 11. The largest absolute Gasteiger partial charge is 0.508 e.